The van der Waals surface area contributed by atoms with E-state index < -0.39 is 13.3 Å². The molecule has 0 aliphatic rings. The molecule has 0 fully saturated rings. The van der Waals surface area contributed by atoms with Gasteiger partial charge in [0.05, 0.1) is 19.8 Å². The summed E-state index contributed by atoms with van der Waals surface area (Å²) in [6.07, 6.45) is 6.13. The van der Waals surface area contributed by atoms with E-state index in [1.54, 1.807) is 56.7 Å². The van der Waals surface area contributed by atoms with E-state index in [4.69, 9.17) is 14.1 Å². The van der Waals surface area contributed by atoms with E-state index in [1.807, 2.05) is 72.8 Å². The lowest BCUT2D eigenvalue weighted by Gasteiger charge is -2.13. The summed E-state index contributed by atoms with van der Waals surface area (Å²) >= 11 is 0. The van der Waals surface area contributed by atoms with Gasteiger partial charge in [-0.1, -0.05) is 103 Å². The van der Waals surface area contributed by atoms with Crippen LogP contribution in [0, 0.1) is 0 Å². The SMILES string of the molecule is COc1ccc(/C=C/C(=O)/C(=C(/C=C/c2ccc(OC)c3ccccc23)OB(F)F)c2ccccc2)c2ccccc12. The van der Waals surface area contributed by atoms with Crippen molar-refractivity contribution in [3.8, 4) is 11.5 Å². The second kappa shape index (κ2) is 13.0. The second-order valence-corrected chi connectivity index (χ2v) is 9.32. The summed E-state index contributed by atoms with van der Waals surface area (Å²) in [5.74, 6) is 0.674. The third-order valence-corrected chi connectivity index (χ3v) is 6.88. The van der Waals surface area contributed by atoms with E-state index in [2.05, 4.69) is 0 Å². The van der Waals surface area contributed by atoms with Crippen molar-refractivity contribution in [3.63, 3.8) is 0 Å². The molecule has 0 radical (unpaired) electrons. The Hall–Kier alpha value is -5.17. The van der Waals surface area contributed by atoms with Gasteiger partial charge in [-0.05, 0) is 51.7 Å². The molecule has 5 rings (SSSR count). The Bertz CT molecular complexity index is 1830. The summed E-state index contributed by atoms with van der Waals surface area (Å²) in [6.45, 7) is 0. The Labute approximate surface area is 243 Å². The van der Waals surface area contributed by atoms with Crippen LogP contribution in [-0.2, 0) is 9.45 Å². The maximum absolute atomic E-state index is 13.8. The molecule has 0 spiro atoms. The molecule has 208 valence electrons. The van der Waals surface area contributed by atoms with E-state index in [0.717, 1.165) is 32.7 Å². The molecule has 0 atom stereocenters. The van der Waals surface area contributed by atoms with Crippen LogP contribution in [0.15, 0.2) is 121 Å². The minimum absolute atomic E-state index is 0.0130. The highest BCUT2D eigenvalue weighted by Crippen LogP contribution is 2.32. The topological polar surface area (TPSA) is 44.8 Å². The van der Waals surface area contributed by atoms with E-state index in [9.17, 15) is 13.4 Å². The van der Waals surface area contributed by atoms with Crippen molar-refractivity contribution in [1.82, 2.24) is 0 Å². The lowest BCUT2D eigenvalue weighted by Crippen LogP contribution is -2.09. The zero-order valence-corrected chi connectivity index (χ0v) is 23.1. The molecule has 0 aliphatic carbocycles. The van der Waals surface area contributed by atoms with Crippen molar-refractivity contribution >= 4 is 52.5 Å². The summed E-state index contributed by atoms with van der Waals surface area (Å²) in [5, 5.41) is 3.52. The quantitative estimate of drug-likeness (QED) is 0.0742. The van der Waals surface area contributed by atoms with Gasteiger partial charge in [0.15, 0.2) is 5.78 Å². The lowest BCUT2D eigenvalue weighted by molar-refractivity contribution is -0.109. The Morgan fingerprint density at radius 2 is 1.10 bits per heavy atom. The van der Waals surface area contributed by atoms with Crippen LogP contribution in [0.3, 0.4) is 0 Å². The first-order chi connectivity index (χ1) is 20.5. The molecule has 0 amide bonds. The first-order valence-electron chi connectivity index (χ1n) is 13.3. The highest BCUT2D eigenvalue weighted by molar-refractivity contribution is 6.36. The number of ether oxygens (including phenoxy) is 2. The largest absolute Gasteiger partial charge is 0.796 e. The number of carbonyl (C=O) groups excluding carboxylic acids is 1. The third kappa shape index (κ3) is 6.10. The molecule has 0 bridgehead atoms. The Kier molecular flexibility index (Phi) is 8.78. The van der Waals surface area contributed by atoms with E-state index >= 15 is 0 Å². The number of methoxy groups -OCH3 is 2. The molecule has 7 heteroatoms. The number of hydrogen-bond acceptors (Lipinski definition) is 4. The standard InChI is InChI=1S/C35H27BF2O4/c1-40-32-21-17-24(27-12-6-8-14-29(27)32)16-20-31(39)35(26-10-4-3-5-11-26)34(42-36(37)38)23-19-25-18-22-33(41-2)30-15-9-7-13-28(25)30/h3-23H,1-2H3/b20-16+,23-19+,35-34-. The highest BCUT2D eigenvalue weighted by Gasteiger charge is 2.24. The predicted octanol–water partition coefficient (Wildman–Crippen LogP) is 8.66. The molecule has 0 N–H and O–H groups in total. The van der Waals surface area contributed by atoms with Crippen LogP contribution in [0.2, 0.25) is 0 Å². The smallest absolute Gasteiger partial charge is 0.505 e. The molecule has 0 saturated carbocycles. The molecular weight excluding hydrogens is 533 g/mol. The van der Waals surface area contributed by atoms with E-state index in [0.29, 0.717) is 17.1 Å². The molecular formula is C35H27BF2O4. The van der Waals surface area contributed by atoms with Crippen LogP contribution in [-0.4, -0.2) is 27.5 Å². The van der Waals surface area contributed by atoms with Gasteiger partial charge in [0.2, 0.25) is 0 Å². The molecule has 0 aliphatic heterocycles. The van der Waals surface area contributed by atoms with Crippen molar-refractivity contribution in [1.29, 1.82) is 0 Å². The average Bonchev–Trinajstić information content (AvgIpc) is 3.02. The summed E-state index contributed by atoms with van der Waals surface area (Å²) in [5.41, 5.74) is 2.00. The molecule has 5 aromatic carbocycles. The van der Waals surface area contributed by atoms with Gasteiger partial charge in [-0.3, -0.25) is 4.79 Å². The minimum atomic E-state index is -3.14. The number of hydrogen-bond donors (Lipinski definition) is 0. The number of carbonyl (C=O) groups is 1. The fourth-order valence-electron chi connectivity index (χ4n) is 4.94. The van der Waals surface area contributed by atoms with Gasteiger partial charge in [0, 0.05) is 10.8 Å². The van der Waals surface area contributed by atoms with Crippen LogP contribution < -0.4 is 9.47 Å². The Morgan fingerprint density at radius 1 is 0.619 bits per heavy atom. The van der Waals surface area contributed by atoms with Gasteiger partial charge >= 0.3 is 7.47 Å². The molecule has 5 aromatic rings. The van der Waals surface area contributed by atoms with Gasteiger partial charge in [-0.25, -0.2) is 8.63 Å². The molecule has 0 heterocycles. The fraction of sp³-hybridized carbons (Fsp3) is 0.0571. The maximum Gasteiger partial charge on any atom is 0.796 e. The van der Waals surface area contributed by atoms with Crippen molar-refractivity contribution in [3.05, 3.63) is 138 Å². The highest BCUT2D eigenvalue weighted by atomic mass is 19.2. The van der Waals surface area contributed by atoms with Gasteiger partial charge in [-0.15, -0.1) is 0 Å². The first-order valence-corrected chi connectivity index (χ1v) is 13.3. The van der Waals surface area contributed by atoms with Gasteiger partial charge in [0.1, 0.15) is 17.3 Å². The Morgan fingerprint density at radius 3 is 1.60 bits per heavy atom. The Balaban J connectivity index is 1.62. The molecule has 0 unspecified atom stereocenters. The van der Waals surface area contributed by atoms with Crippen LogP contribution in [0.5, 0.6) is 11.5 Å². The summed E-state index contributed by atoms with van der Waals surface area (Å²) in [6, 6.07) is 31.3. The van der Waals surface area contributed by atoms with Crippen LogP contribution >= 0.6 is 0 Å². The first kappa shape index (κ1) is 28.4. The molecule has 4 nitrogen and oxygen atoms in total. The van der Waals surface area contributed by atoms with Crippen molar-refractivity contribution < 1.29 is 27.6 Å². The maximum atomic E-state index is 13.8. The van der Waals surface area contributed by atoms with Gasteiger partial charge in [-0.2, -0.15) is 0 Å². The van der Waals surface area contributed by atoms with Crippen molar-refractivity contribution in [2.24, 2.45) is 0 Å². The fourth-order valence-corrected chi connectivity index (χ4v) is 4.94. The molecule has 42 heavy (non-hydrogen) atoms. The van der Waals surface area contributed by atoms with Gasteiger partial charge < -0.3 is 14.1 Å². The number of rotatable bonds is 10. The predicted molar refractivity (Wildman–Crippen MR) is 166 cm³/mol. The van der Waals surface area contributed by atoms with E-state index in [-0.39, 0.29) is 11.3 Å². The number of benzene rings is 5. The average molecular weight is 560 g/mol. The molecule has 0 saturated heterocycles. The van der Waals surface area contributed by atoms with Crippen molar-refractivity contribution in [2.75, 3.05) is 14.2 Å². The molecule has 0 aromatic heterocycles. The zero-order chi connectivity index (χ0) is 29.5. The summed E-state index contributed by atoms with van der Waals surface area (Å²) < 4.78 is 43.4. The second-order valence-electron chi connectivity index (χ2n) is 9.32. The zero-order valence-electron chi connectivity index (χ0n) is 23.1. The van der Waals surface area contributed by atoms with Crippen molar-refractivity contribution in [2.45, 2.75) is 0 Å². The van der Waals surface area contributed by atoms with Gasteiger partial charge in [0.25, 0.3) is 0 Å². The third-order valence-electron chi connectivity index (χ3n) is 6.88. The normalized spacial score (nSPS) is 12.1. The van der Waals surface area contributed by atoms with Crippen LogP contribution in [0.25, 0.3) is 39.3 Å². The number of halogens is 2. The summed E-state index contributed by atoms with van der Waals surface area (Å²) in [7, 11) is 0.0531. The number of ketones is 1. The summed E-state index contributed by atoms with van der Waals surface area (Å²) in [4.78, 5) is 13.8. The van der Waals surface area contributed by atoms with Crippen LogP contribution in [0.4, 0.5) is 8.63 Å². The van der Waals surface area contributed by atoms with E-state index in [1.165, 1.54) is 12.2 Å². The van der Waals surface area contributed by atoms with Crippen LogP contribution in [0.1, 0.15) is 16.7 Å². The lowest BCUT2D eigenvalue weighted by atomic mass is 9.97. The monoisotopic (exact) mass is 560 g/mol. The number of fused-ring (bicyclic) bond motifs is 2. The number of allylic oxidation sites excluding steroid dienone is 3. The minimum Gasteiger partial charge on any atom is -0.505 e.